The molecule has 82 valence electrons. The van der Waals surface area contributed by atoms with Crippen LogP contribution < -0.4 is 5.32 Å². The number of nitrogens with one attached hydrogen (secondary N) is 1. The van der Waals surface area contributed by atoms with Crippen molar-refractivity contribution in [1.82, 2.24) is 5.32 Å². The zero-order chi connectivity index (χ0) is 10.7. The smallest absolute Gasteiger partial charge is 0.120 e. The summed E-state index contributed by atoms with van der Waals surface area (Å²) in [6, 6.07) is 8.46. The topological polar surface area (TPSA) is 32.3 Å². The van der Waals surface area contributed by atoms with E-state index >= 15 is 0 Å². The Morgan fingerprint density at radius 2 is 1.93 bits per heavy atom. The molecule has 0 aromatic heterocycles. The monoisotopic (exact) mass is 205 g/mol. The fourth-order valence-corrected chi connectivity index (χ4v) is 2.39. The van der Waals surface area contributed by atoms with E-state index in [1.807, 2.05) is 18.2 Å². The predicted molar refractivity (Wildman–Crippen MR) is 61.9 cm³/mol. The Bertz CT molecular complexity index is 318. The third kappa shape index (κ3) is 2.51. The van der Waals surface area contributed by atoms with E-state index in [9.17, 15) is 5.11 Å². The molecule has 0 unspecified atom stereocenters. The van der Waals surface area contributed by atoms with Crippen LogP contribution in [0.2, 0.25) is 0 Å². The van der Waals surface area contributed by atoms with Crippen molar-refractivity contribution in [3.8, 4) is 5.75 Å². The van der Waals surface area contributed by atoms with Gasteiger partial charge in [-0.1, -0.05) is 31.0 Å². The van der Waals surface area contributed by atoms with E-state index in [0.29, 0.717) is 11.8 Å². The van der Waals surface area contributed by atoms with Crippen LogP contribution in [0.1, 0.15) is 44.2 Å². The van der Waals surface area contributed by atoms with Crippen molar-refractivity contribution in [2.24, 2.45) is 0 Å². The highest BCUT2D eigenvalue weighted by molar-refractivity contribution is 5.34. The number of hydrogen-bond donors (Lipinski definition) is 2. The third-order valence-electron chi connectivity index (χ3n) is 3.24. The lowest BCUT2D eigenvalue weighted by Crippen LogP contribution is -2.28. The molecular weight excluding hydrogens is 186 g/mol. The number of rotatable bonds is 3. The lowest BCUT2D eigenvalue weighted by Gasteiger charge is -2.20. The van der Waals surface area contributed by atoms with Gasteiger partial charge in [-0.15, -0.1) is 0 Å². The van der Waals surface area contributed by atoms with Crippen molar-refractivity contribution in [3.05, 3.63) is 29.8 Å². The molecule has 2 rings (SSSR count). The summed E-state index contributed by atoms with van der Waals surface area (Å²) in [6.45, 7) is 2.12. The highest BCUT2D eigenvalue weighted by Crippen LogP contribution is 2.26. The number of phenols is 1. The molecule has 0 aliphatic heterocycles. The van der Waals surface area contributed by atoms with Gasteiger partial charge in [0.15, 0.2) is 0 Å². The van der Waals surface area contributed by atoms with Gasteiger partial charge in [0.1, 0.15) is 5.75 Å². The minimum absolute atomic E-state index is 0.245. The molecule has 0 heterocycles. The molecule has 1 aliphatic carbocycles. The van der Waals surface area contributed by atoms with E-state index in [1.54, 1.807) is 6.07 Å². The summed E-state index contributed by atoms with van der Waals surface area (Å²) in [6.07, 6.45) is 5.23. The Morgan fingerprint density at radius 1 is 1.27 bits per heavy atom. The molecule has 0 bridgehead atoms. The Kier molecular flexibility index (Phi) is 3.27. The van der Waals surface area contributed by atoms with Crippen LogP contribution in [0.5, 0.6) is 5.75 Å². The first-order valence-electron chi connectivity index (χ1n) is 5.81. The van der Waals surface area contributed by atoms with Crippen LogP contribution in [-0.2, 0) is 0 Å². The number of phenolic OH excluding ortho intramolecular Hbond substituents is 1. The van der Waals surface area contributed by atoms with E-state index in [1.165, 1.54) is 25.7 Å². The molecule has 0 spiro atoms. The van der Waals surface area contributed by atoms with Gasteiger partial charge in [-0.3, -0.25) is 0 Å². The van der Waals surface area contributed by atoms with E-state index in [-0.39, 0.29) is 6.04 Å². The predicted octanol–water partition coefficient (Wildman–Crippen LogP) is 2.99. The van der Waals surface area contributed by atoms with Crippen LogP contribution in [0.15, 0.2) is 24.3 Å². The molecule has 0 saturated heterocycles. The molecular formula is C13H19NO. The summed E-state index contributed by atoms with van der Waals surface area (Å²) in [5.41, 5.74) is 1.00. The molecule has 1 aliphatic rings. The van der Waals surface area contributed by atoms with Gasteiger partial charge in [0.05, 0.1) is 0 Å². The van der Waals surface area contributed by atoms with Gasteiger partial charge in [-0.2, -0.15) is 0 Å². The lowest BCUT2D eigenvalue weighted by molar-refractivity contribution is 0.427. The van der Waals surface area contributed by atoms with Crippen LogP contribution in [-0.4, -0.2) is 11.1 Å². The van der Waals surface area contributed by atoms with Crippen molar-refractivity contribution < 1.29 is 5.11 Å². The van der Waals surface area contributed by atoms with Crippen LogP contribution in [0, 0.1) is 0 Å². The van der Waals surface area contributed by atoms with Crippen molar-refractivity contribution in [2.75, 3.05) is 0 Å². The minimum atomic E-state index is 0.245. The van der Waals surface area contributed by atoms with Crippen LogP contribution >= 0.6 is 0 Å². The van der Waals surface area contributed by atoms with Gasteiger partial charge in [0.25, 0.3) is 0 Å². The molecule has 1 atom stereocenters. The SMILES string of the molecule is C[C@H](NC1CCCC1)c1ccccc1O. The summed E-state index contributed by atoms with van der Waals surface area (Å²) in [4.78, 5) is 0. The number of para-hydroxylation sites is 1. The summed E-state index contributed by atoms with van der Waals surface area (Å²) < 4.78 is 0. The summed E-state index contributed by atoms with van der Waals surface area (Å²) >= 11 is 0. The van der Waals surface area contributed by atoms with E-state index < -0.39 is 0 Å². The zero-order valence-electron chi connectivity index (χ0n) is 9.24. The van der Waals surface area contributed by atoms with Gasteiger partial charge in [0.2, 0.25) is 0 Å². The highest BCUT2D eigenvalue weighted by Gasteiger charge is 2.18. The first kappa shape index (κ1) is 10.5. The third-order valence-corrected chi connectivity index (χ3v) is 3.24. The molecule has 15 heavy (non-hydrogen) atoms. The van der Waals surface area contributed by atoms with Crippen LogP contribution in [0.4, 0.5) is 0 Å². The van der Waals surface area contributed by atoms with Gasteiger partial charge in [0, 0.05) is 17.6 Å². The molecule has 0 amide bonds. The van der Waals surface area contributed by atoms with Crippen molar-refractivity contribution in [1.29, 1.82) is 0 Å². The molecule has 2 heteroatoms. The minimum Gasteiger partial charge on any atom is -0.508 e. The van der Waals surface area contributed by atoms with Gasteiger partial charge in [-0.05, 0) is 25.8 Å². The average Bonchev–Trinajstić information content (AvgIpc) is 2.71. The lowest BCUT2D eigenvalue weighted by atomic mass is 10.1. The number of aromatic hydroxyl groups is 1. The Hall–Kier alpha value is -1.02. The summed E-state index contributed by atoms with van der Waals surface area (Å²) in [5, 5.41) is 13.3. The van der Waals surface area contributed by atoms with Gasteiger partial charge in [-0.25, -0.2) is 0 Å². The second kappa shape index (κ2) is 4.67. The number of benzene rings is 1. The maximum absolute atomic E-state index is 9.71. The van der Waals surface area contributed by atoms with E-state index in [4.69, 9.17) is 0 Å². The molecule has 1 fully saturated rings. The average molecular weight is 205 g/mol. The Labute approximate surface area is 91.3 Å². The standard InChI is InChI=1S/C13H19NO/c1-10(14-11-6-2-3-7-11)12-8-4-5-9-13(12)15/h4-5,8-11,14-15H,2-3,6-7H2,1H3/t10-/m0/s1. The Balaban J connectivity index is 2.00. The summed E-state index contributed by atoms with van der Waals surface area (Å²) in [5.74, 6) is 0.399. The molecule has 1 aromatic rings. The molecule has 0 radical (unpaired) electrons. The number of hydrogen-bond acceptors (Lipinski definition) is 2. The van der Waals surface area contributed by atoms with E-state index in [0.717, 1.165) is 5.56 Å². The normalized spacial score (nSPS) is 19.3. The van der Waals surface area contributed by atoms with E-state index in [2.05, 4.69) is 12.2 Å². The van der Waals surface area contributed by atoms with Crippen LogP contribution in [0.25, 0.3) is 0 Å². The molecule has 2 N–H and O–H groups in total. The largest absolute Gasteiger partial charge is 0.508 e. The first-order valence-corrected chi connectivity index (χ1v) is 5.81. The van der Waals surface area contributed by atoms with Gasteiger partial charge < -0.3 is 10.4 Å². The maximum atomic E-state index is 9.71. The van der Waals surface area contributed by atoms with Gasteiger partial charge >= 0.3 is 0 Å². The molecule has 1 saturated carbocycles. The van der Waals surface area contributed by atoms with Crippen LogP contribution in [0.3, 0.4) is 0 Å². The quantitative estimate of drug-likeness (QED) is 0.795. The highest BCUT2D eigenvalue weighted by atomic mass is 16.3. The molecule has 2 nitrogen and oxygen atoms in total. The molecule has 1 aromatic carbocycles. The fourth-order valence-electron chi connectivity index (χ4n) is 2.39. The Morgan fingerprint density at radius 3 is 2.60 bits per heavy atom. The fraction of sp³-hybridized carbons (Fsp3) is 0.538. The van der Waals surface area contributed by atoms with Crippen molar-refractivity contribution in [3.63, 3.8) is 0 Å². The van der Waals surface area contributed by atoms with Crippen molar-refractivity contribution in [2.45, 2.75) is 44.7 Å². The first-order chi connectivity index (χ1) is 7.27. The second-order valence-corrected chi connectivity index (χ2v) is 4.43. The summed E-state index contributed by atoms with van der Waals surface area (Å²) in [7, 11) is 0. The van der Waals surface area contributed by atoms with Crippen molar-refractivity contribution >= 4 is 0 Å². The maximum Gasteiger partial charge on any atom is 0.120 e. The second-order valence-electron chi connectivity index (χ2n) is 4.43. The zero-order valence-corrected chi connectivity index (χ0v) is 9.24.